The van der Waals surface area contributed by atoms with Gasteiger partial charge in [-0.15, -0.1) is 15.0 Å². The summed E-state index contributed by atoms with van der Waals surface area (Å²) < 4.78 is 10.5. The predicted octanol–water partition coefficient (Wildman–Crippen LogP) is 9.13. The van der Waals surface area contributed by atoms with Gasteiger partial charge in [0.2, 0.25) is 5.82 Å². The second-order valence-corrected chi connectivity index (χ2v) is 21.3. The van der Waals surface area contributed by atoms with Gasteiger partial charge in [0.25, 0.3) is 5.82 Å². The highest BCUT2D eigenvalue weighted by Gasteiger charge is 2.41. The van der Waals surface area contributed by atoms with Crippen molar-refractivity contribution in [3.8, 4) is 22.5 Å². The lowest BCUT2D eigenvalue weighted by molar-refractivity contribution is -0.740. The summed E-state index contributed by atoms with van der Waals surface area (Å²) in [5, 5.41) is 25.3. The second-order valence-electron chi connectivity index (χ2n) is 15.7. The Kier molecular flexibility index (Phi) is 12.1. The quantitative estimate of drug-likeness (QED) is 0.0434. The van der Waals surface area contributed by atoms with Crippen LogP contribution in [0.1, 0.15) is 53.5 Å². The number of hydrogen-bond donors (Lipinski definition) is 1. The van der Waals surface area contributed by atoms with E-state index in [-0.39, 0.29) is 6.61 Å². The van der Waals surface area contributed by atoms with Crippen molar-refractivity contribution in [1.29, 1.82) is 0 Å². The molecule has 286 valence electrons. The standard InChI is InChI=1S/C47H53N6O2Si/c1-5-6-24-42-34-51(36-55-31-32-56(2,3)4)45(35-54)52(42)33-37-27-29-38(30-28-37)43-25-16-17-26-44(43)46-48-50-53(49-46)47(39-18-10-7-11-19-39,40-20-12-8-13-21-40)41-22-14-9-15-23-41/h7-23,25-30,34,54H,5-6,24,31-33,35-36H2,1-4H3/q+1. The maximum Gasteiger partial charge on any atom is 0.285 e. The molecule has 0 aliphatic heterocycles. The molecule has 0 unspecified atom stereocenters. The maximum absolute atomic E-state index is 10.6. The first-order valence-corrected chi connectivity index (χ1v) is 23.5. The van der Waals surface area contributed by atoms with Gasteiger partial charge in [-0.25, -0.2) is 9.13 Å². The Bertz CT molecular complexity index is 2200. The molecule has 9 heteroatoms. The predicted molar refractivity (Wildman–Crippen MR) is 226 cm³/mol. The van der Waals surface area contributed by atoms with E-state index in [1.807, 2.05) is 24.3 Å². The molecule has 0 radical (unpaired) electrons. The number of tetrazole rings is 1. The molecule has 5 aromatic carbocycles. The number of hydrogen-bond acceptors (Lipinski definition) is 5. The SMILES string of the molecule is CCCCc1c[n+](COCC[Si](C)(C)C)c(CO)n1Cc1ccc(-c2ccccc2-c2nnn(C(c3ccccc3)(c3ccccc3)c3ccccc3)n2)cc1. The summed E-state index contributed by atoms with van der Waals surface area (Å²) in [6, 6.07) is 49.3. The minimum Gasteiger partial charge on any atom is -0.384 e. The lowest BCUT2D eigenvalue weighted by Gasteiger charge is -2.34. The number of aryl methyl sites for hydroxylation is 1. The van der Waals surface area contributed by atoms with Crippen LogP contribution in [-0.2, 0) is 36.6 Å². The maximum atomic E-state index is 10.6. The molecule has 7 aromatic rings. The number of aliphatic hydroxyl groups excluding tert-OH is 1. The Morgan fingerprint density at radius 3 is 1.86 bits per heavy atom. The summed E-state index contributed by atoms with van der Waals surface area (Å²) in [6.07, 6.45) is 5.31. The van der Waals surface area contributed by atoms with Crippen molar-refractivity contribution in [3.05, 3.63) is 179 Å². The van der Waals surface area contributed by atoms with Gasteiger partial charge in [0.1, 0.15) is 25.0 Å². The first-order valence-electron chi connectivity index (χ1n) is 19.8. The summed E-state index contributed by atoms with van der Waals surface area (Å²) in [7, 11) is -1.19. The molecule has 0 saturated carbocycles. The third-order valence-corrected chi connectivity index (χ3v) is 12.2. The topological polar surface area (TPSA) is 81.9 Å². The van der Waals surface area contributed by atoms with Crippen LogP contribution in [-0.4, -0.2) is 44.6 Å². The molecule has 1 N–H and O–H groups in total. The number of benzene rings is 5. The number of nitrogens with zero attached hydrogens (tertiary/aromatic N) is 6. The van der Waals surface area contributed by atoms with Crippen molar-refractivity contribution in [1.82, 2.24) is 24.8 Å². The molecule has 56 heavy (non-hydrogen) atoms. The molecular formula is C47H53N6O2Si+. The number of aliphatic hydroxyl groups is 1. The minimum atomic E-state index is -1.19. The smallest absolute Gasteiger partial charge is 0.285 e. The Balaban J connectivity index is 1.21. The highest BCUT2D eigenvalue weighted by Crippen LogP contribution is 2.40. The molecule has 0 saturated heterocycles. The molecule has 0 spiro atoms. The summed E-state index contributed by atoms with van der Waals surface area (Å²) in [6.45, 7) is 11.1. The van der Waals surface area contributed by atoms with Gasteiger partial charge in [-0.3, -0.25) is 0 Å². The lowest BCUT2D eigenvalue weighted by Crippen LogP contribution is -2.39. The second kappa shape index (κ2) is 17.5. The number of aromatic nitrogens is 6. The highest BCUT2D eigenvalue weighted by molar-refractivity contribution is 6.76. The van der Waals surface area contributed by atoms with Crippen molar-refractivity contribution >= 4 is 8.07 Å². The van der Waals surface area contributed by atoms with E-state index in [0.29, 0.717) is 19.1 Å². The van der Waals surface area contributed by atoms with E-state index in [1.54, 1.807) is 4.80 Å². The molecule has 0 amide bonds. The van der Waals surface area contributed by atoms with Gasteiger partial charge < -0.3 is 9.84 Å². The van der Waals surface area contributed by atoms with Gasteiger partial charge in [0, 0.05) is 26.7 Å². The molecule has 0 atom stereocenters. The summed E-state index contributed by atoms with van der Waals surface area (Å²) in [5.41, 5.74) is 7.62. The molecule has 7 rings (SSSR count). The number of unbranched alkanes of at least 4 members (excludes halogenated alkanes) is 1. The van der Waals surface area contributed by atoms with Crippen molar-refractivity contribution in [2.24, 2.45) is 0 Å². The molecular weight excluding hydrogens is 709 g/mol. The van der Waals surface area contributed by atoms with Crippen LogP contribution in [0, 0.1) is 0 Å². The van der Waals surface area contributed by atoms with Gasteiger partial charge in [-0.05, 0) is 51.1 Å². The third-order valence-electron chi connectivity index (χ3n) is 10.5. The normalized spacial score (nSPS) is 11.9. The van der Waals surface area contributed by atoms with E-state index in [2.05, 4.69) is 157 Å². The average molecular weight is 762 g/mol. The van der Waals surface area contributed by atoms with Crippen LogP contribution < -0.4 is 4.57 Å². The van der Waals surface area contributed by atoms with Crippen molar-refractivity contribution in [3.63, 3.8) is 0 Å². The average Bonchev–Trinajstić information content (AvgIpc) is 3.85. The van der Waals surface area contributed by atoms with Gasteiger partial charge in [-0.1, -0.05) is 173 Å². The zero-order valence-electron chi connectivity index (χ0n) is 33.1. The number of ether oxygens (including phenoxy) is 1. The zero-order chi connectivity index (χ0) is 39.0. The van der Waals surface area contributed by atoms with E-state index < -0.39 is 13.6 Å². The van der Waals surface area contributed by atoms with Crippen molar-refractivity contribution < 1.29 is 14.4 Å². The van der Waals surface area contributed by atoms with Gasteiger partial charge in [0.05, 0.1) is 0 Å². The monoisotopic (exact) mass is 761 g/mol. The largest absolute Gasteiger partial charge is 0.384 e. The van der Waals surface area contributed by atoms with Gasteiger partial charge in [-0.2, -0.15) is 0 Å². The van der Waals surface area contributed by atoms with Crippen LogP contribution >= 0.6 is 0 Å². The summed E-state index contributed by atoms with van der Waals surface area (Å²) in [4.78, 5) is 1.78. The minimum absolute atomic E-state index is 0.0528. The Labute approximate surface area is 332 Å². The molecule has 0 aliphatic carbocycles. The van der Waals surface area contributed by atoms with Crippen LogP contribution in [0.3, 0.4) is 0 Å². The fraction of sp³-hybridized carbons (Fsp3) is 0.277. The van der Waals surface area contributed by atoms with Crippen LogP contribution in [0.25, 0.3) is 22.5 Å². The zero-order valence-corrected chi connectivity index (χ0v) is 34.1. The fourth-order valence-electron chi connectivity index (χ4n) is 7.48. The van der Waals surface area contributed by atoms with E-state index in [0.717, 1.165) is 76.7 Å². The third kappa shape index (κ3) is 8.35. The van der Waals surface area contributed by atoms with Crippen molar-refractivity contribution in [2.75, 3.05) is 6.61 Å². The first kappa shape index (κ1) is 38.8. The van der Waals surface area contributed by atoms with Crippen molar-refractivity contribution in [2.45, 2.75) is 77.3 Å². The Hall–Kier alpha value is -5.48. The molecule has 0 fully saturated rings. The Morgan fingerprint density at radius 2 is 1.30 bits per heavy atom. The van der Waals surface area contributed by atoms with Crippen LogP contribution in [0.2, 0.25) is 25.7 Å². The van der Waals surface area contributed by atoms with E-state index in [4.69, 9.17) is 20.1 Å². The van der Waals surface area contributed by atoms with Crippen LogP contribution in [0.15, 0.2) is 146 Å². The number of rotatable bonds is 17. The fourth-order valence-corrected chi connectivity index (χ4v) is 8.23. The molecule has 8 nitrogen and oxygen atoms in total. The lowest BCUT2D eigenvalue weighted by atomic mass is 9.77. The van der Waals surface area contributed by atoms with Crippen LogP contribution in [0.5, 0.6) is 0 Å². The summed E-state index contributed by atoms with van der Waals surface area (Å²) >= 11 is 0. The molecule has 2 heterocycles. The highest BCUT2D eigenvalue weighted by atomic mass is 28.3. The summed E-state index contributed by atoms with van der Waals surface area (Å²) in [5.74, 6) is 1.42. The van der Waals surface area contributed by atoms with E-state index >= 15 is 0 Å². The molecule has 0 bridgehead atoms. The van der Waals surface area contributed by atoms with E-state index in [1.165, 1.54) is 5.69 Å². The van der Waals surface area contributed by atoms with Crippen LogP contribution in [0.4, 0.5) is 0 Å². The first-order chi connectivity index (χ1) is 27.3. The van der Waals surface area contributed by atoms with E-state index in [9.17, 15) is 5.11 Å². The number of imidazole rings is 1. The molecule has 0 aliphatic rings. The Morgan fingerprint density at radius 1 is 0.732 bits per heavy atom. The van der Waals surface area contributed by atoms with Gasteiger partial charge in [0.15, 0.2) is 12.3 Å². The van der Waals surface area contributed by atoms with Gasteiger partial charge >= 0.3 is 0 Å². The molecule has 2 aromatic heterocycles.